The topological polar surface area (TPSA) is 55.4 Å². The number of halogens is 3. The van der Waals surface area contributed by atoms with Crippen LogP contribution in [0.2, 0.25) is 10.0 Å². The Kier molecular flexibility index (Phi) is 4.86. The third-order valence-electron chi connectivity index (χ3n) is 2.29. The lowest BCUT2D eigenvalue weighted by Gasteiger charge is -2.11. The van der Waals surface area contributed by atoms with E-state index >= 15 is 0 Å². The number of rotatable bonds is 4. The fourth-order valence-electron chi connectivity index (χ4n) is 1.41. The Bertz CT molecular complexity index is 727. The molecule has 9 heteroatoms. The average Bonchev–Trinajstić information content (AvgIpc) is 2.70. The Balaban J connectivity index is 2.40. The van der Waals surface area contributed by atoms with E-state index in [0.29, 0.717) is 19.6 Å². The highest BCUT2D eigenvalue weighted by atomic mass is 79.9. The molecule has 108 valence electrons. The third kappa shape index (κ3) is 3.40. The first-order valence-corrected chi connectivity index (χ1v) is 8.99. The summed E-state index contributed by atoms with van der Waals surface area (Å²) in [5.74, 6) is 0.375. The van der Waals surface area contributed by atoms with Crippen LogP contribution in [0.5, 0.6) is 5.75 Å². The van der Waals surface area contributed by atoms with Crippen LogP contribution in [0.4, 0.5) is 5.69 Å². The van der Waals surface area contributed by atoms with E-state index in [1.165, 1.54) is 19.2 Å². The van der Waals surface area contributed by atoms with Gasteiger partial charge in [-0.1, -0.05) is 23.2 Å². The lowest BCUT2D eigenvalue weighted by molar-refractivity contribution is 0.417. The van der Waals surface area contributed by atoms with Gasteiger partial charge in [0.2, 0.25) is 0 Å². The molecule has 0 atom stereocenters. The molecular formula is C11H8BrCl2NO3S2. The Morgan fingerprint density at radius 1 is 1.30 bits per heavy atom. The molecule has 1 aromatic heterocycles. The number of ether oxygens (including phenoxy) is 1. The van der Waals surface area contributed by atoms with E-state index < -0.39 is 10.0 Å². The van der Waals surface area contributed by atoms with Crippen molar-refractivity contribution in [3.63, 3.8) is 0 Å². The summed E-state index contributed by atoms with van der Waals surface area (Å²) in [5, 5.41) is 0.738. The molecule has 0 fully saturated rings. The number of thiophene rings is 1. The average molecular weight is 417 g/mol. The summed E-state index contributed by atoms with van der Waals surface area (Å²) in [5.41, 5.74) is 0.264. The number of methoxy groups -OCH3 is 1. The summed E-state index contributed by atoms with van der Waals surface area (Å²) in [4.78, 5) is 0. The zero-order valence-electron chi connectivity index (χ0n) is 9.98. The molecule has 20 heavy (non-hydrogen) atoms. The third-order valence-corrected chi connectivity index (χ3v) is 6.84. The Labute approximate surface area is 138 Å². The number of hydrogen-bond acceptors (Lipinski definition) is 4. The maximum absolute atomic E-state index is 12.3. The highest BCUT2D eigenvalue weighted by Crippen LogP contribution is 2.36. The molecular weight excluding hydrogens is 409 g/mol. The van der Waals surface area contributed by atoms with E-state index in [1.807, 2.05) is 0 Å². The second-order valence-electron chi connectivity index (χ2n) is 3.64. The summed E-state index contributed by atoms with van der Waals surface area (Å²) < 4.78 is 32.7. The first-order valence-electron chi connectivity index (χ1n) is 5.14. The zero-order chi connectivity index (χ0) is 14.9. The van der Waals surface area contributed by atoms with Crippen molar-refractivity contribution in [3.8, 4) is 5.75 Å². The van der Waals surface area contributed by atoms with Crippen molar-refractivity contribution in [2.75, 3.05) is 11.8 Å². The summed E-state index contributed by atoms with van der Waals surface area (Å²) >= 11 is 15.9. The van der Waals surface area contributed by atoms with Gasteiger partial charge in [0.05, 0.1) is 21.6 Å². The number of hydrogen-bond donors (Lipinski definition) is 1. The van der Waals surface area contributed by atoms with E-state index in [4.69, 9.17) is 27.9 Å². The molecule has 0 amide bonds. The summed E-state index contributed by atoms with van der Waals surface area (Å²) in [6, 6.07) is 6.03. The molecule has 0 saturated carbocycles. The monoisotopic (exact) mass is 415 g/mol. The van der Waals surface area contributed by atoms with E-state index in [-0.39, 0.29) is 9.90 Å². The molecule has 0 bridgehead atoms. The maximum atomic E-state index is 12.3. The van der Waals surface area contributed by atoms with Gasteiger partial charge in [0.25, 0.3) is 10.0 Å². The fourth-order valence-corrected chi connectivity index (χ4v) is 5.05. The van der Waals surface area contributed by atoms with Crippen LogP contribution >= 0.6 is 50.5 Å². The quantitative estimate of drug-likeness (QED) is 0.790. The molecule has 0 aliphatic rings. The van der Waals surface area contributed by atoms with Gasteiger partial charge in [-0.25, -0.2) is 8.42 Å². The molecule has 2 aromatic rings. The molecule has 0 aliphatic heterocycles. The minimum Gasteiger partial charge on any atom is -0.495 e. The molecule has 0 unspecified atom stereocenters. The zero-order valence-corrected chi connectivity index (χ0v) is 14.7. The van der Waals surface area contributed by atoms with Crippen molar-refractivity contribution >= 4 is 66.2 Å². The highest BCUT2D eigenvalue weighted by molar-refractivity contribution is 9.11. The van der Waals surface area contributed by atoms with E-state index in [2.05, 4.69) is 20.7 Å². The van der Waals surface area contributed by atoms with Crippen LogP contribution in [0, 0.1) is 0 Å². The van der Waals surface area contributed by atoms with Gasteiger partial charge in [-0.3, -0.25) is 4.72 Å². The van der Waals surface area contributed by atoms with Crippen molar-refractivity contribution in [1.82, 2.24) is 0 Å². The molecule has 0 radical (unpaired) electrons. The summed E-state index contributed by atoms with van der Waals surface area (Å²) in [7, 11) is -2.30. The summed E-state index contributed by atoms with van der Waals surface area (Å²) in [6.07, 6.45) is 0. The van der Waals surface area contributed by atoms with E-state index in [0.717, 1.165) is 11.3 Å². The van der Waals surface area contributed by atoms with Crippen LogP contribution in [0.15, 0.2) is 32.3 Å². The second-order valence-corrected chi connectivity index (χ2v) is 8.76. The predicted molar refractivity (Wildman–Crippen MR) is 85.8 cm³/mol. The molecule has 1 aromatic carbocycles. The molecule has 0 aliphatic carbocycles. The van der Waals surface area contributed by atoms with Crippen molar-refractivity contribution < 1.29 is 13.2 Å². The van der Waals surface area contributed by atoms with Crippen LogP contribution in [-0.2, 0) is 10.0 Å². The SMILES string of the molecule is COc1ccc(Cl)cc1NS(=O)(=O)c1cc(Cl)c(Br)s1. The Morgan fingerprint density at radius 3 is 2.55 bits per heavy atom. The molecule has 0 spiro atoms. The standard InChI is InChI=1S/C11H8BrCl2NO3S2/c1-18-9-3-2-6(13)4-8(9)15-20(16,17)10-5-7(14)11(12)19-10/h2-5,15H,1H3. The van der Waals surface area contributed by atoms with Gasteiger partial charge < -0.3 is 4.74 Å². The van der Waals surface area contributed by atoms with E-state index in [1.54, 1.807) is 12.1 Å². The highest BCUT2D eigenvalue weighted by Gasteiger charge is 2.20. The number of anilines is 1. The van der Waals surface area contributed by atoms with Gasteiger partial charge in [-0.15, -0.1) is 11.3 Å². The van der Waals surface area contributed by atoms with Crippen LogP contribution in [0.3, 0.4) is 0 Å². The number of sulfonamides is 1. The molecule has 4 nitrogen and oxygen atoms in total. The Hall–Kier alpha value is -0.470. The fraction of sp³-hybridized carbons (Fsp3) is 0.0909. The van der Waals surface area contributed by atoms with Crippen molar-refractivity contribution in [3.05, 3.63) is 38.1 Å². The van der Waals surface area contributed by atoms with Crippen LogP contribution in [0.1, 0.15) is 0 Å². The first-order chi connectivity index (χ1) is 9.33. The number of nitrogens with one attached hydrogen (secondary N) is 1. The first kappa shape index (κ1) is 15.9. The van der Waals surface area contributed by atoms with Crippen molar-refractivity contribution in [2.24, 2.45) is 0 Å². The maximum Gasteiger partial charge on any atom is 0.271 e. The molecule has 0 saturated heterocycles. The van der Waals surface area contributed by atoms with Gasteiger partial charge in [0.1, 0.15) is 9.96 Å². The van der Waals surface area contributed by atoms with Crippen molar-refractivity contribution in [1.29, 1.82) is 0 Å². The van der Waals surface area contributed by atoms with Crippen LogP contribution < -0.4 is 9.46 Å². The summed E-state index contributed by atoms with van der Waals surface area (Å²) in [6.45, 7) is 0. The van der Waals surface area contributed by atoms with Gasteiger partial charge >= 0.3 is 0 Å². The van der Waals surface area contributed by atoms with Gasteiger partial charge in [-0.05, 0) is 40.2 Å². The normalized spacial score (nSPS) is 11.4. The van der Waals surface area contributed by atoms with Gasteiger partial charge in [-0.2, -0.15) is 0 Å². The smallest absolute Gasteiger partial charge is 0.271 e. The predicted octanol–water partition coefficient (Wildman–Crippen LogP) is 4.63. The van der Waals surface area contributed by atoms with Gasteiger partial charge in [0, 0.05) is 5.02 Å². The van der Waals surface area contributed by atoms with Crippen molar-refractivity contribution in [2.45, 2.75) is 4.21 Å². The number of benzene rings is 1. The largest absolute Gasteiger partial charge is 0.495 e. The lowest BCUT2D eigenvalue weighted by Crippen LogP contribution is -2.12. The minimum absolute atomic E-state index is 0.0939. The Morgan fingerprint density at radius 2 is 2.00 bits per heavy atom. The van der Waals surface area contributed by atoms with Crippen LogP contribution in [-0.4, -0.2) is 15.5 Å². The molecule has 2 rings (SSSR count). The second kappa shape index (κ2) is 6.11. The molecule has 1 N–H and O–H groups in total. The van der Waals surface area contributed by atoms with Gasteiger partial charge in [0.15, 0.2) is 0 Å². The van der Waals surface area contributed by atoms with Crippen LogP contribution in [0.25, 0.3) is 0 Å². The minimum atomic E-state index is -3.75. The lowest BCUT2D eigenvalue weighted by atomic mass is 10.3. The van der Waals surface area contributed by atoms with E-state index in [9.17, 15) is 8.42 Å². The molecule has 1 heterocycles.